The van der Waals surface area contributed by atoms with Crippen molar-refractivity contribution in [3.8, 4) is 11.1 Å². The fraction of sp³-hybridized carbons (Fsp3) is 0.314. The molecule has 1 saturated heterocycles. The van der Waals surface area contributed by atoms with E-state index in [1.807, 2.05) is 90.7 Å². The summed E-state index contributed by atoms with van der Waals surface area (Å²) in [5.41, 5.74) is 6.51. The molecule has 222 valence electrons. The van der Waals surface area contributed by atoms with Gasteiger partial charge in [-0.2, -0.15) is 0 Å². The number of hydrogen-bond acceptors (Lipinski definition) is 5. The Kier molecular flexibility index (Phi) is 8.42. The Hall–Kier alpha value is -4.24. The molecule has 8 nitrogen and oxygen atoms in total. The molecule has 6 rings (SSSR count). The molecule has 3 aromatic carbocycles. The molecule has 1 unspecified atom stereocenters. The van der Waals surface area contributed by atoms with Crippen LogP contribution in [0, 0.1) is 12.1 Å². The van der Waals surface area contributed by atoms with E-state index in [0.717, 1.165) is 34.5 Å². The van der Waals surface area contributed by atoms with Gasteiger partial charge in [-0.1, -0.05) is 54.1 Å². The maximum Gasteiger partial charge on any atom is 0.256 e. The van der Waals surface area contributed by atoms with Crippen LogP contribution in [0.5, 0.6) is 0 Å². The van der Waals surface area contributed by atoms with E-state index >= 15 is 0 Å². The molecule has 2 heterocycles. The Morgan fingerprint density at radius 2 is 1.70 bits per heavy atom. The van der Waals surface area contributed by atoms with Crippen LogP contribution in [0.3, 0.4) is 0 Å². The third kappa shape index (κ3) is 6.13. The first-order chi connectivity index (χ1) is 20.9. The molecule has 1 aliphatic carbocycles. The summed E-state index contributed by atoms with van der Waals surface area (Å²) in [6.07, 6.45) is 6.21. The number of hydroxylamine groups is 2. The number of morpholine rings is 1. The van der Waals surface area contributed by atoms with Crippen LogP contribution in [-0.2, 0) is 9.53 Å². The Labute approximate surface area is 253 Å². The maximum absolute atomic E-state index is 14.6. The molecule has 2 aliphatic heterocycles. The smallest absolute Gasteiger partial charge is 0.256 e. The van der Waals surface area contributed by atoms with Crippen molar-refractivity contribution in [1.82, 2.24) is 14.4 Å². The van der Waals surface area contributed by atoms with Gasteiger partial charge in [0.25, 0.3) is 5.91 Å². The molecular formula is C35H38N4O4. The van der Waals surface area contributed by atoms with E-state index in [1.54, 1.807) is 0 Å². The Morgan fingerprint density at radius 1 is 0.953 bits per heavy atom. The standard InChI is InChI=1S/C35H38N4O4/c1-26-11-13-27(14-12-26)30-7-2-3-8-31(30)35(41)36-28-15-17-29(18-16-28)39(42)22-6-19-38(32-9-4-5-10-33(32)39)25-34(40)37-20-23-43-24-21-37/h2-4,7-9,11-18H,5-6,10,19-25H2,1H3,(H,36,41). The molecule has 3 aromatic rings. The first-order valence-corrected chi connectivity index (χ1v) is 15.1. The van der Waals surface area contributed by atoms with Crippen molar-refractivity contribution in [2.24, 2.45) is 0 Å². The van der Waals surface area contributed by atoms with Gasteiger partial charge in [0.05, 0.1) is 32.0 Å². The zero-order valence-electron chi connectivity index (χ0n) is 24.6. The summed E-state index contributed by atoms with van der Waals surface area (Å²) in [5.74, 6) is -0.128. The van der Waals surface area contributed by atoms with Gasteiger partial charge >= 0.3 is 0 Å². The van der Waals surface area contributed by atoms with E-state index in [2.05, 4.69) is 16.3 Å². The number of benzene rings is 3. The molecule has 0 saturated carbocycles. The summed E-state index contributed by atoms with van der Waals surface area (Å²) < 4.78 is 4.86. The van der Waals surface area contributed by atoms with Crippen LogP contribution in [0.25, 0.3) is 11.1 Å². The lowest BCUT2D eigenvalue weighted by Crippen LogP contribution is -2.46. The molecule has 3 aliphatic rings. The SMILES string of the molecule is Cc1ccc(-c2ccccc2C(=O)Nc2ccc([N+]3([O-])CCCN(CC(=O)N4CCOCC4)C4=C3CCC=C4)cc2)cc1. The Bertz CT molecular complexity index is 1540. The van der Waals surface area contributed by atoms with E-state index in [4.69, 9.17) is 4.74 Å². The van der Waals surface area contributed by atoms with Gasteiger partial charge in [0.2, 0.25) is 5.91 Å². The molecule has 0 bridgehead atoms. The lowest BCUT2D eigenvalue weighted by molar-refractivity contribution is -0.136. The molecule has 8 heteroatoms. The second-order valence-corrected chi connectivity index (χ2v) is 11.4. The van der Waals surface area contributed by atoms with Crippen LogP contribution in [0.15, 0.2) is 96.3 Å². The first kappa shape index (κ1) is 28.9. The number of carbonyl (C=O) groups is 2. The highest BCUT2D eigenvalue weighted by molar-refractivity contribution is 6.08. The maximum atomic E-state index is 14.6. The van der Waals surface area contributed by atoms with E-state index in [0.29, 0.717) is 69.2 Å². The van der Waals surface area contributed by atoms with Crippen LogP contribution in [-0.4, -0.2) is 67.6 Å². The average molecular weight is 579 g/mol. The minimum absolute atomic E-state index is 0.0732. The number of nitrogens with zero attached hydrogens (tertiary/aromatic N) is 3. The van der Waals surface area contributed by atoms with Crippen LogP contribution in [0.1, 0.15) is 35.2 Å². The van der Waals surface area contributed by atoms with Crippen molar-refractivity contribution in [2.75, 3.05) is 51.3 Å². The van der Waals surface area contributed by atoms with Crippen molar-refractivity contribution in [2.45, 2.75) is 26.2 Å². The third-order valence-electron chi connectivity index (χ3n) is 8.56. The summed E-state index contributed by atoms with van der Waals surface area (Å²) >= 11 is 0. The fourth-order valence-electron chi connectivity index (χ4n) is 6.21. The van der Waals surface area contributed by atoms with Gasteiger partial charge in [-0.15, -0.1) is 0 Å². The van der Waals surface area contributed by atoms with E-state index < -0.39 is 4.65 Å². The number of nitrogens with one attached hydrogen (secondary N) is 1. The number of hydrogen-bond donors (Lipinski definition) is 1. The molecule has 43 heavy (non-hydrogen) atoms. The van der Waals surface area contributed by atoms with Crippen molar-refractivity contribution >= 4 is 23.2 Å². The summed E-state index contributed by atoms with van der Waals surface area (Å²) in [4.78, 5) is 30.4. The van der Waals surface area contributed by atoms with Crippen molar-refractivity contribution in [3.63, 3.8) is 0 Å². The largest absolute Gasteiger partial charge is 0.622 e. The molecule has 1 N–H and O–H groups in total. The zero-order chi connectivity index (χ0) is 29.8. The van der Waals surface area contributed by atoms with Gasteiger partial charge in [-0.3, -0.25) is 14.2 Å². The second kappa shape index (κ2) is 12.6. The lowest BCUT2D eigenvalue weighted by Gasteiger charge is -2.44. The molecule has 1 atom stereocenters. The highest BCUT2D eigenvalue weighted by Crippen LogP contribution is 2.38. The Morgan fingerprint density at radius 3 is 2.47 bits per heavy atom. The van der Waals surface area contributed by atoms with E-state index in [1.165, 1.54) is 0 Å². The topological polar surface area (TPSA) is 84.9 Å². The summed E-state index contributed by atoms with van der Waals surface area (Å²) in [5, 5.41) is 17.7. The number of rotatable bonds is 6. The number of ether oxygens (including phenoxy) is 1. The van der Waals surface area contributed by atoms with E-state index in [9.17, 15) is 14.8 Å². The summed E-state index contributed by atoms with van der Waals surface area (Å²) in [6, 6.07) is 23.0. The van der Waals surface area contributed by atoms with Crippen molar-refractivity contribution < 1.29 is 14.3 Å². The number of quaternary nitrogens is 1. The van der Waals surface area contributed by atoms with Crippen LogP contribution < -0.4 is 9.96 Å². The monoisotopic (exact) mass is 578 g/mol. The Balaban J connectivity index is 1.22. The van der Waals surface area contributed by atoms with E-state index in [-0.39, 0.29) is 18.4 Å². The highest BCUT2D eigenvalue weighted by atomic mass is 16.5. The molecule has 2 amide bonds. The number of carbonyl (C=O) groups excluding carboxylic acids is 2. The minimum Gasteiger partial charge on any atom is -0.622 e. The van der Waals surface area contributed by atoms with Gasteiger partial charge < -0.3 is 25.1 Å². The van der Waals surface area contributed by atoms with Gasteiger partial charge in [-0.05, 0) is 48.7 Å². The van der Waals surface area contributed by atoms with Gasteiger partial charge in [0, 0.05) is 55.9 Å². The predicted molar refractivity (Wildman–Crippen MR) is 170 cm³/mol. The van der Waals surface area contributed by atoms with Crippen molar-refractivity contribution in [1.29, 1.82) is 0 Å². The number of aryl methyl sites for hydroxylation is 1. The molecule has 0 radical (unpaired) electrons. The van der Waals surface area contributed by atoms with Crippen LogP contribution in [0.2, 0.25) is 0 Å². The first-order valence-electron chi connectivity index (χ1n) is 15.1. The van der Waals surface area contributed by atoms with Crippen LogP contribution >= 0.6 is 0 Å². The van der Waals surface area contributed by atoms with Crippen molar-refractivity contribution in [3.05, 3.63) is 113 Å². The zero-order valence-corrected chi connectivity index (χ0v) is 24.6. The molecule has 0 aromatic heterocycles. The lowest BCUT2D eigenvalue weighted by atomic mass is 9.98. The molecular weight excluding hydrogens is 540 g/mol. The minimum atomic E-state index is -0.549. The van der Waals surface area contributed by atoms with Crippen LogP contribution in [0.4, 0.5) is 11.4 Å². The average Bonchev–Trinajstić information content (AvgIpc) is 3.19. The normalized spacial score (nSPS) is 20.4. The highest BCUT2D eigenvalue weighted by Gasteiger charge is 2.35. The van der Waals surface area contributed by atoms with Gasteiger partial charge in [0.1, 0.15) is 11.4 Å². The number of allylic oxidation sites excluding steroid dienone is 3. The molecule has 1 fully saturated rings. The second-order valence-electron chi connectivity index (χ2n) is 11.4. The predicted octanol–water partition coefficient (Wildman–Crippen LogP) is 5.85. The summed E-state index contributed by atoms with van der Waals surface area (Å²) in [7, 11) is 0. The quantitative estimate of drug-likeness (QED) is 0.293. The summed E-state index contributed by atoms with van der Waals surface area (Å²) in [6.45, 7) is 5.69. The fourth-order valence-corrected chi connectivity index (χ4v) is 6.21. The number of anilines is 1. The molecule has 0 spiro atoms. The number of amides is 2. The third-order valence-corrected chi connectivity index (χ3v) is 8.56. The van der Waals surface area contributed by atoms with Gasteiger partial charge in [-0.25, -0.2) is 0 Å². The van der Waals surface area contributed by atoms with Gasteiger partial charge in [0.15, 0.2) is 0 Å².